The fourth-order valence-electron chi connectivity index (χ4n) is 2.04. The van der Waals surface area contributed by atoms with Crippen LogP contribution in [0.1, 0.15) is 30.6 Å². The summed E-state index contributed by atoms with van der Waals surface area (Å²) in [7, 11) is 0. The molecule has 2 rings (SSSR count). The molecule has 2 aromatic rings. The molecule has 0 aliphatic carbocycles. The third-order valence-corrected chi connectivity index (χ3v) is 4.21. The SMILES string of the molecule is CC(C)Oc1ccc(C(=O)NCCCSc2ccccc2)cc1. The minimum atomic E-state index is -0.0363. The molecule has 1 N–H and O–H groups in total. The van der Waals surface area contributed by atoms with Gasteiger partial charge in [0, 0.05) is 17.0 Å². The molecule has 0 radical (unpaired) electrons. The summed E-state index contributed by atoms with van der Waals surface area (Å²) >= 11 is 1.81. The highest BCUT2D eigenvalue weighted by atomic mass is 32.2. The average Bonchev–Trinajstić information content (AvgIpc) is 2.55. The summed E-state index contributed by atoms with van der Waals surface area (Å²) in [5.74, 6) is 1.74. The largest absolute Gasteiger partial charge is 0.491 e. The Bertz CT molecular complexity index is 597. The van der Waals surface area contributed by atoms with E-state index in [1.54, 1.807) is 12.1 Å². The van der Waals surface area contributed by atoms with E-state index in [-0.39, 0.29) is 12.0 Å². The minimum Gasteiger partial charge on any atom is -0.491 e. The molecule has 2 aromatic carbocycles. The van der Waals surface area contributed by atoms with E-state index in [1.807, 2.05) is 55.9 Å². The molecule has 0 fully saturated rings. The number of thioether (sulfide) groups is 1. The molecule has 0 saturated heterocycles. The van der Waals surface area contributed by atoms with Crippen LogP contribution in [-0.4, -0.2) is 24.3 Å². The first kappa shape index (κ1) is 17.4. The normalized spacial score (nSPS) is 10.6. The van der Waals surface area contributed by atoms with Crippen molar-refractivity contribution in [3.8, 4) is 5.75 Å². The smallest absolute Gasteiger partial charge is 0.251 e. The van der Waals surface area contributed by atoms with Crippen LogP contribution in [0.4, 0.5) is 0 Å². The van der Waals surface area contributed by atoms with Gasteiger partial charge in [-0.2, -0.15) is 0 Å². The standard InChI is InChI=1S/C19H23NO2S/c1-15(2)22-17-11-9-16(10-12-17)19(21)20-13-6-14-23-18-7-4-3-5-8-18/h3-5,7-12,15H,6,13-14H2,1-2H3,(H,20,21). The highest BCUT2D eigenvalue weighted by Crippen LogP contribution is 2.17. The maximum Gasteiger partial charge on any atom is 0.251 e. The van der Waals surface area contributed by atoms with Crippen LogP contribution in [0.15, 0.2) is 59.5 Å². The van der Waals surface area contributed by atoms with Crippen molar-refractivity contribution in [2.24, 2.45) is 0 Å². The molecule has 3 nitrogen and oxygen atoms in total. The third kappa shape index (κ3) is 6.37. The number of hydrogen-bond donors (Lipinski definition) is 1. The lowest BCUT2D eigenvalue weighted by Gasteiger charge is -2.10. The van der Waals surface area contributed by atoms with E-state index in [4.69, 9.17) is 4.74 Å². The fourth-order valence-corrected chi connectivity index (χ4v) is 2.91. The summed E-state index contributed by atoms with van der Waals surface area (Å²) in [6.45, 7) is 4.64. The lowest BCUT2D eigenvalue weighted by atomic mass is 10.2. The molecule has 0 saturated carbocycles. The fraction of sp³-hybridized carbons (Fsp3) is 0.316. The minimum absolute atomic E-state index is 0.0363. The van der Waals surface area contributed by atoms with E-state index in [0.717, 1.165) is 17.9 Å². The van der Waals surface area contributed by atoms with Crippen LogP contribution in [0.5, 0.6) is 5.75 Å². The number of amides is 1. The Balaban J connectivity index is 1.68. The Labute approximate surface area is 142 Å². The zero-order valence-electron chi connectivity index (χ0n) is 13.6. The maximum absolute atomic E-state index is 12.1. The van der Waals surface area contributed by atoms with E-state index >= 15 is 0 Å². The molecule has 1 amide bonds. The van der Waals surface area contributed by atoms with Crippen LogP contribution < -0.4 is 10.1 Å². The van der Waals surface area contributed by atoms with Crippen LogP contribution in [0.2, 0.25) is 0 Å². The average molecular weight is 329 g/mol. The van der Waals surface area contributed by atoms with Gasteiger partial charge in [-0.25, -0.2) is 0 Å². The molecule has 122 valence electrons. The molecule has 0 spiro atoms. The molecular weight excluding hydrogens is 306 g/mol. The van der Waals surface area contributed by atoms with Crippen molar-refractivity contribution in [3.63, 3.8) is 0 Å². The summed E-state index contributed by atoms with van der Waals surface area (Å²) < 4.78 is 5.57. The Morgan fingerprint density at radius 3 is 2.43 bits per heavy atom. The maximum atomic E-state index is 12.1. The van der Waals surface area contributed by atoms with Gasteiger partial charge in [0.1, 0.15) is 5.75 Å². The Morgan fingerprint density at radius 1 is 1.09 bits per heavy atom. The van der Waals surface area contributed by atoms with Crippen molar-refractivity contribution in [2.75, 3.05) is 12.3 Å². The number of benzene rings is 2. The van der Waals surface area contributed by atoms with E-state index in [9.17, 15) is 4.79 Å². The summed E-state index contributed by atoms with van der Waals surface area (Å²) in [6.07, 6.45) is 1.08. The molecule has 0 bridgehead atoms. The van der Waals surface area contributed by atoms with Crippen molar-refractivity contribution < 1.29 is 9.53 Å². The van der Waals surface area contributed by atoms with Crippen LogP contribution in [0.3, 0.4) is 0 Å². The van der Waals surface area contributed by atoms with Gasteiger partial charge < -0.3 is 10.1 Å². The highest BCUT2D eigenvalue weighted by molar-refractivity contribution is 7.99. The number of carbonyl (C=O) groups is 1. The number of rotatable bonds is 8. The second-order valence-electron chi connectivity index (χ2n) is 5.46. The van der Waals surface area contributed by atoms with Crippen molar-refractivity contribution in [2.45, 2.75) is 31.3 Å². The molecule has 0 unspecified atom stereocenters. The predicted octanol–water partition coefficient (Wildman–Crippen LogP) is 4.39. The van der Waals surface area contributed by atoms with Gasteiger partial charge in [0.15, 0.2) is 0 Å². The van der Waals surface area contributed by atoms with E-state index < -0.39 is 0 Å². The first-order valence-corrected chi connectivity index (χ1v) is 8.86. The van der Waals surface area contributed by atoms with Crippen LogP contribution in [0.25, 0.3) is 0 Å². The quantitative estimate of drug-likeness (QED) is 0.577. The molecule has 4 heteroatoms. The molecule has 23 heavy (non-hydrogen) atoms. The van der Waals surface area contributed by atoms with Gasteiger partial charge in [-0.3, -0.25) is 4.79 Å². The van der Waals surface area contributed by atoms with Crippen LogP contribution >= 0.6 is 11.8 Å². The van der Waals surface area contributed by atoms with Crippen molar-refractivity contribution in [1.82, 2.24) is 5.32 Å². The monoisotopic (exact) mass is 329 g/mol. The zero-order valence-corrected chi connectivity index (χ0v) is 14.4. The van der Waals surface area contributed by atoms with Gasteiger partial charge >= 0.3 is 0 Å². The van der Waals surface area contributed by atoms with Crippen molar-refractivity contribution in [3.05, 3.63) is 60.2 Å². The Hall–Kier alpha value is -1.94. The van der Waals surface area contributed by atoms with Gasteiger partial charge in [0.05, 0.1) is 6.10 Å². The number of hydrogen-bond acceptors (Lipinski definition) is 3. The van der Waals surface area contributed by atoms with Gasteiger partial charge in [-0.05, 0) is 62.4 Å². The predicted molar refractivity (Wildman–Crippen MR) is 96.3 cm³/mol. The topological polar surface area (TPSA) is 38.3 Å². The van der Waals surface area contributed by atoms with E-state index in [2.05, 4.69) is 17.4 Å². The second-order valence-corrected chi connectivity index (χ2v) is 6.63. The molecule has 0 atom stereocenters. The second kappa shape index (κ2) is 9.26. The van der Waals surface area contributed by atoms with E-state index in [1.165, 1.54) is 4.90 Å². The number of ether oxygens (including phenoxy) is 1. The first-order valence-electron chi connectivity index (χ1n) is 7.88. The van der Waals surface area contributed by atoms with Crippen molar-refractivity contribution in [1.29, 1.82) is 0 Å². The molecular formula is C19H23NO2S. The van der Waals surface area contributed by atoms with Gasteiger partial charge in [0.2, 0.25) is 0 Å². The van der Waals surface area contributed by atoms with Gasteiger partial charge in [0.25, 0.3) is 5.91 Å². The summed E-state index contributed by atoms with van der Waals surface area (Å²) in [6, 6.07) is 17.6. The molecule has 0 aromatic heterocycles. The Kier molecular flexibility index (Phi) is 7.01. The molecule has 0 aliphatic rings. The van der Waals surface area contributed by atoms with Crippen LogP contribution in [-0.2, 0) is 0 Å². The lowest BCUT2D eigenvalue weighted by Crippen LogP contribution is -2.24. The summed E-state index contributed by atoms with van der Waals surface area (Å²) in [5.41, 5.74) is 0.664. The zero-order chi connectivity index (χ0) is 16.5. The highest BCUT2D eigenvalue weighted by Gasteiger charge is 2.05. The summed E-state index contributed by atoms with van der Waals surface area (Å²) in [4.78, 5) is 13.3. The molecule has 0 aliphatic heterocycles. The molecule has 0 heterocycles. The lowest BCUT2D eigenvalue weighted by molar-refractivity contribution is 0.0954. The Morgan fingerprint density at radius 2 is 1.78 bits per heavy atom. The van der Waals surface area contributed by atoms with Crippen molar-refractivity contribution >= 4 is 17.7 Å². The number of nitrogens with one attached hydrogen (secondary N) is 1. The van der Waals surface area contributed by atoms with E-state index in [0.29, 0.717) is 12.1 Å². The third-order valence-electron chi connectivity index (χ3n) is 3.11. The number of carbonyl (C=O) groups excluding carboxylic acids is 1. The van der Waals surface area contributed by atoms with Gasteiger partial charge in [-0.1, -0.05) is 18.2 Å². The van der Waals surface area contributed by atoms with Crippen LogP contribution in [0, 0.1) is 0 Å². The van der Waals surface area contributed by atoms with Gasteiger partial charge in [-0.15, -0.1) is 11.8 Å². The first-order chi connectivity index (χ1) is 11.1. The summed E-state index contributed by atoms with van der Waals surface area (Å²) in [5, 5.41) is 2.95.